The standard InChI is InChI=1S/C20H19N5O2S/c1-24-12-16(10-21-24)20-23-17(14-28-20)13-27-19(26)8-7-15-9-22-25(11-15)18-5-3-2-4-6-18/h2-6,9-12,14H,7-8,13H2,1H3. The van der Waals surface area contributed by atoms with Gasteiger partial charge in [-0.15, -0.1) is 11.3 Å². The smallest absolute Gasteiger partial charge is 0.306 e. The SMILES string of the molecule is Cn1cc(-c2nc(COC(=O)CCc3cnn(-c4ccccc4)c3)cs2)cn1. The first-order valence-corrected chi connectivity index (χ1v) is 9.73. The van der Waals surface area contributed by atoms with E-state index < -0.39 is 0 Å². The van der Waals surface area contributed by atoms with Crippen molar-refractivity contribution in [3.05, 3.63) is 71.8 Å². The van der Waals surface area contributed by atoms with Crippen LogP contribution in [0.2, 0.25) is 0 Å². The number of carbonyl (C=O) groups excluding carboxylic acids is 1. The zero-order valence-electron chi connectivity index (χ0n) is 15.4. The molecule has 0 saturated carbocycles. The third-order valence-corrected chi connectivity index (χ3v) is 5.10. The van der Waals surface area contributed by atoms with Crippen molar-refractivity contribution >= 4 is 17.3 Å². The fourth-order valence-corrected chi connectivity index (χ4v) is 3.50. The summed E-state index contributed by atoms with van der Waals surface area (Å²) in [5, 5.41) is 11.3. The van der Waals surface area contributed by atoms with E-state index in [4.69, 9.17) is 4.74 Å². The van der Waals surface area contributed by atoms with Crippen LogP contribution in [0.4, 0.5) is 0 Å². The molecule has 0 aliphatic heterocycles. The minimum atomic E-state index is -0.247. The van der Waals surface area contributed by atoms with Gasteiger partial charge in [-0.3, -0.25) is 9.48 Å². The van der Waals surface area contributed by atoms with E-state index in [0.29, 0.717) is 12.8 Å². The minimum Gasteiger partial charge on any atom is -0.459 e. The van der Waals surface area contributed by atoms with E-state index in [1.807, 2.05) is 55.2 Å². The normalized spacial score (nSPS) is 10.9. The van der Waals surface area contributed by atoms with Crippen molar-refractivity contribution < 1.29 is 9.53 Å². The number of esters is 1. The number of hydrogen-bond acceptors (Lipinski definition) is 6. The predicted molar refractivity (Wildman–Crippen MR) is 106 cm³/mol. The molecular weight excluding hydrogens is 374 g/mol. The lowest BCUT2D eigenvalue weighted by Crippen LogP contribution is -2.06. The van der Waals surface area contributed by atoms with Gasteiger partial charge < -0.3 is 4.74 Å². The quantitative estimate of drug-likeness (QED) is 0.450. The second-order valence-electron chi connectivity index (χ2n) is 6.34. The monoisotopic (exact) mass is 393 g/mol. The Kier molecular flexibility index (Phi) is 5.29. The van der Waals surface area contributed by atoms with Crippen molar-refractivity contribution in [1.29, 1.82) is 0 Å². The van der Waals surface area contributed by atoms with Crippen molar-refractivity contribution in [1.82, 2.24) is 24.5 Å². The van der Waals surface area contributed by atoms with Crippen LogP contribution in [0.15, 0.2) is 60.5 Å². The summed E-state index contributed by atoms with van der Waals surface area (Å²) in [6, 6.07) is 9.86. The average Bonchev–Trinajstić information content (AvgIpc) is 3.46. The van der Waals surface area contributed by atoms with Crippen LogP contribution in [0.1, 0.15) is 17.7 Å². The van der Waals surface area contributed by atoms with Gasteiger partial charge in [-0.05, 0) is 24.1 Å². The van der Waals surface area contributed by atoms with E-state index in [1.165, 1.54) is 11.3 Å². The number of benzene rings is 1. The molecule has 0 fully saturated rings. The molecule has 0 N–H and O–H groups in total. The molecule has 3 heterocycles. The average molecular weight is 393 g/mol. The first-order valence-electron chi connectivity index (χ1n) is 8.85. The molecule has 0 unspecified atom stereocenters. The van der Waals surface area contributed by atoms with Gasteiger partial charge in [0.05, 0.1) is 23.8 Å². The molecule has 0 amide bonds. The predicted octanol–water partition coefficient (Wildman–Crippen LogP) is 3.41. The van der Waals surface area contributed by atoms with Gasteiger partial charge in [-0.25, -0.2) is 9.67 Å². The number of para-hydroxylation sites is 1. The number of nitrogens with zero attached hydrogens (tertiary/aromatic N) is 5. The van der Waals surface area contributed by atoms with Gasteiger partial charge in [-0.1, -0.05) is 18.2 Å². The van der Waals surface area contributed by atoms with Crippen LogP contribution in [-0.2, 0) is 29.6 Å². The molecule has 7 nitrogen and oxygen atoms in total. The molecule has 1 aromatic carbocycles. The summed E-state index contributed by atoms with van der Waals surface area (Å²) in [5.41, 5.74) is 3.69. The Hall–Kier alpha value is -3.26. The zero-order valence-corrected chi connectivity index (χ0v) is 16.2. The van der Waals surface area contributed by atoms with Crippen molar-refractivity contribution in [3.8, 4) is 16.3 Å². The van der Waals surface area contributed by atoms with Crippen molar-refractivity contribution in [2.75, 3.05) is 0 Å². The minimum absolute atomic E-state index is 0.179. The highest BCUT2D eigenvalue weighted by molar-refractivity contribution is 7.13. The zero-order chi connectivity index (χ0) is 19.3. The van der Waals surface area contributed by atoms with Crippen LogP contribution < -0.4 is 0 Å². The molecule has 0 bridgehead atoms. The van der Waals surface area contributed by atoms with Gasteiger partial charge in [0.2, 0.25) is 0 Å². The molecule has 0 spiro atoms. The van der Waals surface area contributed by atoms with E-state index >= 15 is 0 Å². The maximum atomic E-state index is 12.1. The fourth-order valence-electron chi connectivity index (χ4n) is 2.72. The Labute approximate surface area is 166 Å². The van der Waals surface area contributed by atoms with Gasteiger partial charge in [0.25, 0.3) is 0 Å². The van der Waals surface area contributed by atoms with Crippen molar-refractivity contribution in [2.24, 2.45) is 7.05 Å². The summed E-state index contributed by atoms with van der Waals surface area (Å²) in [6.45, 7) is 0.179. The Bertz CT molecular complexity index is 1070. The lowest BCUT2D eigenvalue weighted by Gasteiger charge is -2.02. The molecule has 0 radical (unpaired) electrons. The molecule has 8 heteroatoms. The third-order valence-electron chi connectivity index (χ3n) is 4.16. The highest BCUT2D eigenvalue weighted by Crippen LogP contribution is 2.23. The topological polar surface area (TPSA) is 74.8 Å². The number of aromatic nitrogens is 5. The first kappa shape index (κ1) is 18.1. The van der Waals surface area contributed by atoms with Crippen LogP contribution >= 0.6 is 11.3 Å². The summed E-state index contributed by atoms with van der Waals surface area (Å²) < 4.78 is 8.89. The van der Waals surface area contributed by atoms with Crippen LogP contribution in [0.25, 0.3) is 16.3 Å². The highest BCUT2D eigenvalue weighted by atomic mass is 32.1. The Morgan fingerprint density at radius 3 is 2.79 bits per heavy atom. The molecule has 0 aliphatic carbocycles. The molecular formula is C20H19N5O2S. The van der Waals surface area contributed by atoms with E-state index in [0.717, 1.165) is 27.5 Å². The lowest BCUT2D eigenvalue weighted by atomic mass is 10.2. The number of hydrogen-bond donors (Lipinski definition) is 0. The van der Waals surface area contributed by atoms with E-state index in [1.54, 1.807) is 21.8 Å². The molecule has 0 atom stereocenters. The largest absolute Gasteiger partial charge is 0.459 e. The second kappa shape index (κ2) is 8.18. The van der Waals surface area contributed by atoms with Crippen LogP contribution in [0, 0.1) is 0 Å². The van der Waals surface area contributed by atoms with E-state index in [9.17, 15) is 4.79 Å². The molecule has 3 aromatic heterocycles. The second-order valence-corrected chi connectivity index (χ2v) is 7.19. The molecule has 142 valence electrons. The molecule has 4 rings (SSSR count). The maximum Gasteiger partial charge on any atom is 0.306 e. The summed E-state index contributed by atoms with van der Waals surface area (Å²) >= 11 is 1.51. The number of rotatable bonds is 7. The summed E-state index contributed by atoms with van der Waals surface area (Å²) in [4.78, 5) is 16.6. The van der Waals surface area contributed by atoms with Crippen molar-refractivity contribution in [2.45, 2.75) is 19.4 Å². The van der Waals surface area contributed by atoms with Crippen molar-refractivity contribution in [3.63, 3.8) is 0 Å². The maximum absolute atomic E-state index is 12.1. The summed E-state index contributed by atoms with van der Waals surface area (Å²) in [7, 11) is 1.86. The van der Waals surface area contributed by atoms with E-state index in [2.05, 4.69) is 15.2 Å². The van der Waals surface area contributed by atoms with Gasteiger partial charge in [0.15, 0.2) is 0 Å². The van der Waals surface area contributed by atoms with Gasteiger partial charge in [-0.2, -0.15) is 10.2 Å². The Balaban J connectivity index is 1.26. The molecule has 0 aliphatic rings. The number of aryl methyl sites for hydroxylation is 2. The number of ether oxygens (including phenoxy) is 1. The molecule has 4 aromatic rings. The lowest BCUT2D eigenvalue weighted by molar-refractivity contribution is -0.145. The molecule has 0 saturated heterocycles. The summed E-state index contributed by atoms with van der Waals surface area (Å²) in [6.07, 6.45) is 8.28. The highest BCUT2D eigenvalue weighted by Gasteiger charge is 2.10. The molecule has 28 heavy (non-hydrogen) atoms. The number of thiazole rings is 1. The summed E-state index contributed by atoms with van der Waals surface area (Å²) in [5.74, 6) is -0.247. The van der Waals surface area contributed by atoms with E-state index in [-0.39, 0.29) is 12.6 Å². The Morgan fingerprint density at radius 2 is 2.00 bits per heavy atom. The first-order chi connectivity index (χ1) is 13.7. The van der Waals surface area contributed by atoms with Crippen LogP contribution in [0.5, 0.6) is 0 Å². The fraction of sp³-hybridized carbons (Fsp3) is 0.200. The van der Waals surface area contributed by atoms with Gasteiger partial charge in [0.1, 0.15) is 11.6 Å². The van der Waals surface area contributed by atoms with Gasteiger partial charge in [0, 0.05) is 36.8 Å². The number of carbonyl (C=O) groups is 1. The Morgan fingerprint density at radius 1 is 1.14 bits per heavy atom. The van der Waals surface area contributed by atoms with Gasteiger partial charge >= 0.3 is 5.97 Å². The third kappa shape index (κ3) is 4.34. The van der Waals surface area contributed by atoms with Crippen LogP contribution in [0.3, 0.4) is 0 Å². The van der Waals surface area contributed by atoms with Crippen LogP contribution in [-0.4, -0.2) is 30.5 Å².